The molecule has 0 bridgehead atoms. The second-order valence-corrected chi connectivity index (χ2v) is 5.89. The Morgan fingerprint density at radius 3 is 2.17 bits per heavy atom. The zero-order valence-corrected chi connectivity index (χ0v) is 15.6. The number of carbonyl (C=O) groups excluding carboxylic acids is 2. The SMILES string of the molecule is CCCCOC(=O)C=Cc1ccc(OC(=O)c2ccc(OC(F)(F)F)cc2)cc1. The van der Waals surface area contributed by atoms with E-state index in [-0.39, 0.29) is 11.3 Å². The van der Waals surface area contributed by atoms with Crippen LogP contribution in [0.15, 0.2) is 54.6 Å². The molecule has 0 aliphatic carbocycles. The Bertz CT molecular complexity index is 840. The highest BCUT2D eigenvalue weighted by Gasteiger charge is 2.31. The van der Waals surface area contributed by atoms with Crippen molar-refractivity contribution < 1.29 is 37.0 Å². The van der Waals surface area contributed by atoms with Crippen LogP contribution in [0.5, 0.6) is 11.5 Å². The van der Waals surface area contributed by atoms with Gasteiger partial charge >= 0.3 is 18.3 Å². The van der Waals surface area contributed by atoms with Gasteiger partial charge < -0.3 is 14.2 Å². The van der Waals surface area contributed by atoms with Crippen LogP contribution in [0.25, 0.3) is 6.08 Å². The zero-order valence-electron chi connectivity index (χ0n) is 15.6. The normalized spacial score (nSPS) is 11.3. The fourth-order valence-electron chi connectivity index (χ4n) is 2.14. The van der Waals surface area contributed by atoms with Gasteiger partial charge in [-0.1, -0.05) is 25.5 Å². The largest absolute Gasteiger partial charge is 0.573 e. The molecular formula is C21H19F3O5. The fraction of sp³-hybridized carbons (Fsp3) is 0.238. The summed E-state index contributed by atoms with van der Waals surface area (Å²) in [4.78, 5) is 23.6. The number of hydrogen-bond acceptors (Lipinski definition) is 5. The number of hydrogen-bond donors (Lipinski definition) is 0. The van der Waals surface area contributed by atoms with E-state index in [0.717, 1.165) is 25.0 Å². The summed E-state index contributed by atoms with van der Waals surface area (Å²) in [6, 6.07) is 10.7. The molecule has 0 saturated heterocycles. The number of unbranched alkanes of at least 4 members (excludes halogenated alkanes) is 1. The molecule has 2 aromatic rings. The van der Waals surface area contributed by atoms with E-state index in [1.165, 1.54) is 30.3 Å². The summed E-state index contributed by atoms with van der Waals surface area (Å²) in [6.45, 7) is 2.37. The third-order valence-electron chi connectivity index (χ3n) is 3.57. The lowest BCUT2D eigenvalue weighted by Crippen LogP contribution is -2.17. The molecule has 0 aliphatic heterocycles. The summed E-state index contributed by atoms with van der Waals surface area (Å²) in [7, 11) is 0. The standard InChI is InChI=1S/C21H19F3O5/c1-2-3-14-27-19(25)13-6-15-4-9-17(10-5-15)28-20(26)16-7-11-18(12-8-16)29-21(22,23)24/h4-13H,2-3,14H2,1H3. The molecule has 5 nitrogen and oxygen atoms in total. The molecule has 0 radical (unpaired) electrons. The average molecular weight is 408 g/mol. The maximum Gasteiger partial charge on any atom is 0.573 e. The number of benzene rings is 2. The van der Waals surface area contributed by atoms with Crippen molar-refractivity contribution in [2.75, 3.05) is 6.61 Å². The van der Waals surface area contributed by atoms with E-state index >= 15 is 0 Å². The molecule has 0 atom stereocenters. The van der Waals surface area contributed by atoms with Gasteiger partial charge in [0.15, 0.2) is 0 Å². The molecule has 0 unspecified atom stereocenters. The predicted molar refractivity (Wildman–Crippen MR) is 99.4 cm³/mol. The average Bonchev–Trinajstić information content (AvgIpc) is 2.67. The third-order valence-corrected chi connectivity index (χ3v) is 3.57. The zero-order chi connectivity index (χ0) is 21.3. The molecule has 0 amide bonds. The molecular weight excluding hydrogens is 389 g/mol. The van der Waals surface area contributed by atoms with Crippen molar-refractivity contribution in [3.05, 3.63) is 65.7 Å². The summed E-state index contributed by atoms with van der Waals surface area (Å²) in [6.07, 6.45) is -0.189. The quantitative estimate of drug-likeness (QED) is 0.261. The van der Waals surface area contributed by atoms with Crippen LogP contribution in [-0.2, 0) is 9.53 Å². The summed E-state index contributed by atoms with van der Waals surface area (Å²) in [5.41, 5.74) is 0.768. The maximum absolute atomic E-state index is 12.1. The van der Waals surface area contributed by atoms with Crippen LogP contribution in [0.4, 0.5) is 13.2 Å². The first-order valence-corrected chi connectivity index (χ1v) is 8.80. The second kappa shape index (κ2) is 10.3. The highest BCUT2D eigenvalue weighted by Crippen LogP contribution is 2.23. The van der Waals surface area contributed by atoms with Gasteiger partial charge in [-0.3, -0.25) is 0 Å². The summed E-state index contributed by atoms with van der Waals surface area (Å²) < 4.78 is 50.3. The second-order valence-electron chi connectivity index (χ2n) is 5.89. The van der Waals surface area contributed by atoms with Crippen LogP contribution in [-0.4, -0.2) is 24.9 Å². The van der Waals surface area contributed by atoms with Crippen molar-refractivity contribution in [1.82, 2.24) is 0 Å². The Morgan fingerprint density at radius 2 is 1.59 bits per heavy atom. The van der Waals surface area contributed by atoms with Crippen molar-refractivity contribution in [3.63, 3.8) is 0 Å². The first-order valence-electron chi connectivity index (χ1n) is 8.80. The van der Waals surface area contributed by atoms with E-state index in [2.05, 4.69) is 4.74 Å². The Morgan fingerprint density at radius 1 is 0.966 bits per heavy atom. The smallest absolute Gasteiger partial charge is 0.463 e. The van der Waals surface area contributed by atoms with Gasteiger partial charge in [-0.05, 0) is 54.5 Å². The van der Waals surface area contributed by atoms with Gasteiger partial charge in [0.05, 0.1) is 12.2 Å². The molecule has 8 heteroatoms. The van der Waals surface area contributed by atoms with Crippen LogP contribution in [0.1, 0.15) is 35.7 Å². The minimum atomic E-state index is -4.80. The molecule has 0 aliphatic rings. The van der Waals surface area contributed by atoms with E-state index < -0.39 is 24.1 Å². The first-order chi connectivity index (χ1) is 13.8. The van der Waals surface area contributed by atoms with E-state index in [1.54, 1.807) is 18.2 Å². The minimum absolute atomic E-state index is 0.0679. The number of alkyl halides is 3. The fourth-order valence-corrected chi connectivity index (χ4v) is 2.14. The van der Waals surface area contributed by atoms with Crippen LogP contribution >= 0.6 is 0 Å². The van der Waals surface area contributed by atoms with Gasteiger partial charge in [0.25, 0.3) is 0 Å². The number of carbonyl (C=O) groups is 2. The summed E-state index contributed by atoms with van der Waals surface area (Å²) in [5, 5.41) is 0. The van der Waals surface area contributed by atoms with Crippen LogP contribution in [0.3, 0.4) is 0 Å². The van der Waals surface area contributed by atoms with Gasteiger partial charge in [0.2, 0.25) is 0 Å². The maximum atomic E-state index is 12.1. The van der Waals surface area contributed by atoms with Gasteiger partial charge in [-0.25, -0.2) is 9.59 Å². The highest BCUT2D eigenvalue weighted by atomic mass is 19.4. The molecule has 0 heterocycles. The van der Waals surface area contributed by atoms with Gasteiger partial charge in [-0.2, -0.15) is 0 Å². The van der Waals surface area contributed by atoms with Crippen molar-refractivity contribution in [2.24, 2.45) is 0 Å². The summed E-state index contributed by atoms with van der Waals surface area (Å²) in [5.74, 6) is -1.36. The minimum Gasteiger partial charge on any atom is -0.463 e. The van der Waals surface area contributed by atoms with E-state index in [0.29, 0.717) is 12.2 Å². The molecule has 2 aromatic carbocycles. The van der Waals surface area contributed by atoms with E-state index in [1.807, 2.05) is 6.92 Å². The monoisotopic (exact) mass is 408 g/mol. The lowest BCUT2D eigenvalue weighted by Gasteiger charge is -2.09. The third kappa shape index (κ3) is 8.08. The Balaban J connectivity index is 1.90. The highest BCUT2D eigenvalue weighted by molar-refractivity contribution is 5.91. The van der Waals surface area contributed by atoms with Crippen LogP contribution in [0.2, 0.25) is 0 Å². The Kier molecular flexibility index (Phi) is 7.82. The van der Waals surface area contributed by atoms with Crippen molar-refractivity contribution in [3.8, 4) is 11.5 Å². The number of rotatable bonds is 8. The van der Waals surface area contributed by atoms with E-state index in [4.69, 9.17) is 9.47 Å². The summed E-state index contributed by atoms with van der Waals surface area (Å²) >= 11 is 0. The molecule has 0 fully saturated rings. The topological polar surface area (TPSA) is 61.8 Å². The molecule has 0 aromatic heterocycles. The number of esters is 2. The Labute approximate surface area is 165 Å². The number of ether oxygens (including phenoxy) is 3. The molecule has 0 saturated carbocycles. The molecule has 154 valence electrons. The van der Waals surface area contributed by atoms with Gasteiger partial charge in [-0.15, -0.1) is 13.2 Å². The molecule has 29 heavy (non-hydrogen) atoms. The Hall–Kier alpha value is -3.29. The molecule has 0 spiro atoms. The molecule has 0 N–H and O–H groups in total. The predicted octanol–water partition coefficient (Wildman–Crippen LogP) is 5.16. The van der Waals surface area contributed by atoms with Crippen molar-refractivity contribution >= 4 is 18.0 Å². The van der Waals surface area contributed by atoms with Crippen molar-refractivity contribution in [2.45, 2.75) is 26.1 Å². The van der Waals surface area contributed by atoms with Crippen LogP contribution in [0, 0.1) is 0 Å². The van der Waals surface area contributed by atoms with E-state index in [9.17, 15) is 22.8 Å². The van der Waals surface area contributed by atoms with Gasteiger partial charge in [0.1, 0.15) is 11.5 Å². The first kappa shape index (κ1) is 22.0. The number of halogens is 3. The van der Waals surface area contributed by atoms with Gasteiger partial charge in [0, 0.05) is 6.08 Å². The lowest BCUT2D eigenvalue weighted by molar-refractivity contribution is -0.274. The molecule has 2 rings (SSSR count). The van der Waals surface area contributed by atoms with Crippen molar-refractivity contribution in [1.29, 1.82) is 0 Å². The lowest BCUT2D eigenvalue weighted by atomic mass is 10.2. The van der Waals surface area contributed by atoms with Crippen LogP contribution < -0.4 is 9.47 Å².